The van der Waals surface area contributed by atoms with Crippen molar-refractivity contribution in [2.45, 2.75) is 25.2 Å². The van der Waals surface area contributed by atoms with Gasteiger partial charge in [-0.2, -0.15) is 0 Å². The van der Waals surface area contributed by atoms with Crippen LogP contribution in [0.1, 0.15) is 41.1 Å². The molecule has 0 radical (unpaired) electrons. The number of halogens is 3. The maximum Gasteiger partial charge on any atom is 0.341 e. The summed E-state index contributed by atoms with van der Waals surface area (Å²) in [6.07, 6.45) is 0.857. The maximum absolute atomic E-state index is 13.9. The van der Waals surface area contributed by atoms with Crippen LogP contribution < -0.4 is 0 Å². The Morgan fingerprint density at radius 1 is 1.20 bits per heavy atom. The minimum absolute atomic E-state index is 0.143. The summed E-state index contributed by atoms with van der Waals surface area (Å²) in [6.45, 7) is 0. The summed E-state index contributed by atoms with van der Waals surface area (Å²) in [5.41, 5.74) is -1.77. The van der Waals surface area contributed by atoms with Crippen molar-refractivity contribution in [1.82, 2.24) is 0 Å². The van der Waals surface area contributed by atoms with Gasteiger partial charge in [0.15, 0.2) is 11.6 Å². The molecule has 108 valence electrons. The van der Waals surface area contributed by atoms with Crippen LogP contribution in [0.3, 0.4) is 0 Å². The molecule has 1 saturated carbocycles. The summed E-state index contributed by atoms with van der Waals surface area (Å²) in [4.78, 5) is 21.4. The molecule has 0 amide bonds. The molecule has 0 bridgehead atoms. The predicted molar refractivity (Wildman–Crippen MR) is 61.0 cm³/mol. The first kappa shape index (κ1) is 14.4. The molecular formula is C13H11F3O4. The average Bonchev–Trinajstić information content (AvgIpc) is 3.14. The summed E-state index contributed by atoms with van der Waals surface area (Å²) in [7, 11) is 0. The lowest BCUT2D eigenvalue weighted by molar-refractivity contribution is -0.137. The Morgan fingerprint density at radius 3 is 2.25 bits per heavy atom. The van der Waals surface area contributed by atoms with Gasteiger partial charge in [0.2, 0.25) is 0 Å². The highest BCUT2D eigenvalue weighted by molar-refractivity contribution is 5.88. The second-order valence-electron chi connectivity index (χ2n) is 4.80. The number of benzene rings is 1. The van der Waals surface area contributed by atoms with Crippen LogP contribution in [0, 0.1) is 23.4 Å². The van der Waals surface area contributed by atoms with E-state index in [4.69, 9.17) is 10.2 Å². The van der Waals surface area contributed by atoms with Crippen LogP contribution in [0.5, 0.6) is 0 Å². The molecule has 0 spiro atoms. The number of hydrogen-bond acceptors (Lipinski definition) is 2. The van der Waals surface area contributed by atoms with E-state index < -0.39 is 52.9 Å². The second kappa shape index (κ2) is 5.15. The van der Waals surface area contributed by atoms with Gasteiger partial charge in [0, 0.05) is 5.92 Å². The van der Waals surface area contributed by atoms with Crippen molar-refractivity contribution in [3.63, 3.8) is 0 Å². The van der Waals surface area contributed by atoms with Crippen molar-refractivity contribution in [3.05, 3.63) is 34.6 Å². The molecule has 0 aromatic heterocycles. The minimum Gasteiger partial charge on any atom is -0.481 e. The molecular weight excluding hydrogens is 277 g/mol. The van der Waals surface area contributed by atoms with E-state index >= 15 is 0 Å². The van der Waals surface area contributed by atoms with Gasteiger partial charge in [-0.1, -0.05) is 0 Å². The van der Waals surface area contributed by atoms with Crippen LogP contribution in [-0.4, -0.2) is 22.2 Å². The number of carbonyl (C=O) groups is 2. The molecule has 1 fully saturated rings. The van der Waals surface area contributed by atoms with Crippen LogP contribution in [0.4, 0.5) is 13.2 Å². The third kappa shape index (κ3) is 2.61. The van der Waals surface area contributed by atoms with E-state index in [0.29, 0.717) is 18.9 Å². The number of hydrogen-bond donors (Lipinski definition) is 2. The fraction of sp³-hybridized carbons (Fsp3) is 0.385. The Morgan fingerprint density at radius 2 is 1.80 bits per heavy atom. The molecule has 1 aromatic carbocycles. The Labute approximate surface area is 111 Å². The van der Waals surface area contributed by atoms with E-state index in [1.165, 1.54) is 0 Å². The lowest BCUT2D eigenvalue weighted by Gasteiger charge is -2.16. The lowest BCUT2D eigenvalue weighted by atomic mass is 9.89. The Hall–Kier alpha value is -2.05. The van der Waals surface area contributed by atoms with Gasteiger partial charge in [0.1, 0.15) is 11.4 Å². The molecule has 7 heteroatoms. The zero-order chi connectivity index (χ0) is 15.0. The molecule has 2 rings (SSSR count). The molecule has 20 heavy (non-hydrogen) atoms. The van der Waals surface area contributed by atoms with Crippen LogP contribution in [0.15, 0.2) is 6.07 Å². The summed E-state index contributed by atoms with van der Waals surface area (Å²) >= 11 is 0. The molecule has 4 nitrogen and oxygen atoms in total. The molecule has 1 aliphatic rings. The zero-order valence-corrected chi connectivity index (χ0v) is 10.2. The van der Waals surface area contributed by atoms with Crippen LogP contribution in [-0.2, 0) is 4.79 Å². The number of aromatic carboxylic acids is 1. The van der Waals surface area contributed by atoms with Crippen molar-refractivity contribution < 1.29 is 33.0 Å². The van der Waals surface area contributed by atoms with Crippen molar-refractivity contribution in [1.29, 1.82) is 0 Å². The molecule has 1 atom stereocenters. The maximum atomic E-state index is 13.9. The van der Waals surface area contributed by atoms with Crippen LogP contribution in [0.2, 0.25) is 0 Å². The first-order valence-electron chi connectivity index (χ1n) is 5.95. The standard InChI is InChI=1S/C13H11F3O4/c14-8-3-7(6(4-9(17)18)5-1-2-5)11(15)12(16)10(8)13(19)20/h3,5-6H,1-2,4H2,(H,17,18)(H,19,20). The first-order chi connectivity index (χ1) is 9.32. The summed E-state index contributed by atoms with van der Waals surface area (Å²) in [5.74, 6) is -8.78. The molecule has 1 aromatic rings. The normalized spacial score (nSPS) is 15.9. The SMILES string of the molecule is O=C(O)CC(c1cc(F)c(C(=O)O)c(F)c1F)C1CC1. The fourth-order valence-corrected chi connectivity index (χ4v) is 2.30. The third-order valence-electron chi connectivity index (χ3n) is 3.39. The van der Waals surface area contributed by atoms with E-state index in [-0.39, 0.29) is 5.92 Å². The van der Waals surface area contributed by atoms with Crippen molar-refractivity contribution >= 4 is 11.9 Å². The van der Waals surface area contributed by atoms with Gasteiger partial charge in [-0.3, -0.25) is 4.79 Å². The monoisotopic (exact) mass is 288 g/mol. The smallest absolute Gasteiger partial charge is 0.341 e. The van der Waals surface area contributed by atoms with Gasteiger partial charge < -0.3 is 10.2 Å². The van der Waals surface area contributed by atoms with Gasteiger partial charge in [-0.25, -0.2) is 18.0 Å². The Balaban J connectivity index is 2.50. The van der Waals surface area contributed by atoms with Crippen molar-refractivity contribution in [2.24, 2.45) is 5.92 Å². The summed E-state index contributed by atoms with van der Waals surface area (Å²) in [6, 6.07) is 0.591. The highest BCUT2D eigenvalue weighted by atomic mass is 19.2. The zero-order valence-electron chi connectivity index (χ0n) is 10.2. The van der Waals surface area contributed by atoms with E-state index in [1.807, 2.05) is 0 Å². The highest BCUT2D eigenvalue weighted by Crippen LogP contribution is 2.45. The largest absolute Gasteiger partial charge is 0.481 e. The van der Waals surface area contributed by atoms with Gasteiger partial charge in [0.05, 0.1) is 6.42 Å². The first-order valence-corrected chi connectivity index (χ1v) is 5.95. The number of rotatable bonds is 5. The Kier molecular flexibility index (Phi) is 3.69. The van der Waals surface area contributed by atoms with Gasteiger partial charge in [0.25, 0.3) is 0 Å². The highest BCUT2D eigenvalue weighted by Gasteiger charge is 2.37. The second-order valence-corrected chi connectivity index (χ2v) is 4.80. The summed E-state index contributed by atoms with van der Waals surface area (Å²) in [5, 5.41) is 17.4. The third-order valence-corrected chi connectivity index (χ3v) is 3.39. The van der Waals surface area contributed by atoms with Crippen LogP contribution >= 0.6 is 0 Å². The minimum atomic E-state index is -1.91. The number of carboxylic acid groups (broad SMARTS) is 2. The number of aliphatic carboxylic acids is 1. The van der Waals surface area contributed by atoms with Crippen molar-refractivity contribution in [2.75, 3.05) is 0 Å². The quantitative estimate of drug-likeness (QED) is 0.817. The topological polar surface area (TPSA) is 74.6 Å². The van der Waals surface area contributed by atoms with E-state index in [2.05, 4.69) is 0 Å². The van der Waals surface area contributed by atoms with Gasteiger partial charge in [-0.15, -0.1) is 0 Å². The molecule has 0 heterocycles. The van der Waals surface area contributed by atoms with Crippen LogP contribution in [0.25, 0.3) is 0 Å². The molecule has 0 saturated heterocycles. The predicted octanol–water partition coefficient (Wildman–Crippen LogP) is 2.77. The summed E-state index contributed by atoms with van der Waals surface area (Å²) < 4.78 is 41.1. The van der Waals surface area contributed by atoms with Gasteiger partial charge in [-0.05, 0) is 30.4 Å². The van der Waals surface area contributed by atoms with Crippen molar-refractivity contribution in [3.8, 4) is 0 Å². The average molecular weight is 288 g/mol. The molecule has 1 unspecified atom stereocenters. The lowest BCUT2D eigenvalue weighted by Crippen LogP contribution is -2.15. The fourth-order valence-electron chi connectivity index (χ4n) is 2.30. The molecule has 1 aliphatic carbocycles. The van der Waals surface area contributed by atoms with E-state index in [9.17, 15) is 22.8 Å². The molecule has 0 aliphatic heterocycles. The molecule has 2 N–H and O–H groups in total. The van der Waals surface area contributed by atoms with E-state index in [1.54, 1.807) is 0 Å². The van der Waals surface area contributed by atoms with E-state index in [0.717, 1.165) is 0 Å². The van der Waals surface area contributed by atoms with Gasteiger partial charge >= 0.3 is 11.9 Å². The number of carboxylic acids is 2. The Bertz CT molecular complexity index is 581.